The second-order valence-corrected chi connectivity index (χ2v) is 2.37. The van der Waals surface area contributed by atoms with Gasteiger partial charge in [-0.2, -0.15) is 0 Å². The molecule has 58 valence electrons. The number of hydrogen-bond acceptors (Lipinski definition) is 1. The number of allylic oxidation sites excluding steroid dienone is 1. The predicted octanol–water partition coefficient (Wildman–Crippen LogP) is 1.67. The summed E-state index contributed by atoms with van der Waals surface area (Å²) in [6.45, 7) is 0. The molecule has 0 spiro atoms. The van der Waals surface area contributed by atoms with Crippen molar-refractivity contribution in [1.82, 2.24) is 4.98 Å². The van der Waals surface area contributed by atoms with Gasteiger partial charge in [-0.15, -0.1) is 0 Å². The van der Waals surface area contributed by atoms with Crippen LogP contribution < -0.4 is 5.43 Å². The van der Waals surface area contributed by atoms with E-state index in [1.165, 1.54) is 11.6 Å². The highest BCUT2D eigenvalue weighted by molar-refractivity contribution is 6.25. The van der Waals surface area contributed by atoms with Gasteiger partial charge >= 0.3 is 0 Å². The van der Waals surface area contributed by atoms with Crippen LogP contribution in [0.1, 0.15) is 5.69 Å². The number of hydrogen-bond donors (Lipinski definition) is 1. The second-order valence-electron chi connectivity index (χ2n) is 2.12. The van der Waals surface area contributed by atoms with Gasteiger partial charge in [0, 0.05) is 36.0 Å². The number of halogens is 1. The first kappa shape index (κ1) is 8.08. The minimum absolute atomic E-state index is 0.0155. The van der Waals surface area contributed by atoms with Crippen LogP contribution in [0, 0.1) is 0 Å². The Morgan fingerprint density at radius 2 is 2.45 bits per heavy atom. The second kappa shape index (κ2) is 3.98. The van der Waals surface area contributed by atoms with Gasteiger partial charge in [-0.25, -0.2) is 0 Å². The molecule has 0 atom stereocenters. The van der Waals surface area contributed by atoms with Crippen LogP contribution in [0.4, 0.5) is 0 Å². The van der Waals surface area contributed by atoms with Crippen molar-refractivity contribution < 1.29 is 0 Å². The highest BCUT2D eigenvalue weighted by atomic mass is 35.5. The quantitative estimate of drug-likeness (QED) is 0.718. The number of aromatic nitrogens is 1. The van der Waals surface area contributed by atoms with Gasteiger partial charge in [0.15, 0.2) is 5.43 Å². The Labute approximate surface area is 69.5 Å². The standard InChI is InChI=1S/C8H8ClNO/c9-4-1-2-7-6-8(11)3-5-10-7/h1,3-6H,2H2,(H,10,11)/b4-1+. The van der Waals surface area contributed by atoms with Crippen LogP contribution in [-0.4, -0.2) is 4.98 Å². The summed E-state index contributed by atoms with van der Waals surface area (Å²) in [5, 5.41) is 0. The lowest BCUT2D eigenvalue weighted by atomic mass is 10.3. The van der Waals surface area contributed by atoms with Gasteiger partial charge in [0.2, 0.25) is 0 Å². The third-order valence-electron chi connectivity index (χ3n) is 1.26. The van der Waals surface area contributed by atoms with Crippen molar-refractivity contribution in [2.75, 3.05) is 0 Å². The molecule has 0 aliphatic heterocycles. The molecule has 1 aromatic rings. The third-order valence-corrected chi connectivity index (χ3v) is 1.44. The molecule has 1 heterocycles. The summed E-state index contributed by atoms with van der Waals surface area (Å²) in [6.07, 6.45) is 4.06. The van der Waals surface area contributed by atoms with E-state index in [4.69, 9.17) is 11.6 Å². The van der Waals surface area contributed by atoms with E-state index in [1.807, 2.05) is 0 Å². The molecule has 0 unspecified atom stereocenters. The molecule has 0 fully saturated rings. The molecule has 0 saturated heterocycles. The fraction of sp³-hybridized carbons (Fsp3) is 0.125. The maximum Gasteiger partial charge on any atom is 0.181 e. The molecule has 11 heavy (non-hydrogen) atoms. The van der Waals surface area contributed by atoms with E-state index >= 15 is 0 Å². The molecule has 3 heteroatoms. The Morgan fingerprint density at radius 3 is 3.09 bits per heavy atom. The number of rotatable bonds is 2. The van der Waals surface area contributed by atoms with Crippen LogP contribution in [0.3, 0.4) is 0 Å². The third kappa shape index (κ3) is 2.60. The van der Waals surface area contributed by atoms with Gasteiger partial charge in [-0.3, -0.25) is 4.79 Å². The topological polar surface area (TPSA) is 32.9 Å². The maximum absolute atomic E-state index is 10.8. The minimum Gasteiger partial charge on any atom is -0.364 e. The Bertz CT molecular complexity index is 303. The molecule has 0 bridgehead atoms. The van der Waals surface area contributed by atoms with Crippen LogP contribution in [0.5, 0.6) is 0 Å². The summed E-state index contributed by atoms with van der Waals surface area (Å²) >= 11 is 5.32. The van der Waals surface area contributed by atoms with Crippen LogP contribution >= 0.6 is 11.6 Å². The van der Waals surface area contributed by atoms with Crippen molar-refractivity contribution in [2.24, 2.45) is 0 Å². The summed E-state index contributed by atoms with van der Waals surface area (Å²) in [7, 11) is 0. The van der Waals surface area contributed by atoms with E-state index in [-0.39, 0.29) is 5.43 Å². The molecule has 0 saturated carbocycles. The van der Waals surface area contributed by atoms with Gasteiger partial charge in [-0.05, 0) is 0 Å². The molecule has 0 aliphatic carbocycles. The predicted molar refractivity (Wildman–Crippen MR) is 45.8 cm³/mol. The fourth-order valence-corrected chi connectivity index (χ4v) is 0.871. The Kier molecular flexibility index (Phi) is 2.93. The molecular weight excluding hydrogens is 162 g/mol. The van der Waals surface area contributed by atoms with Crippen molar-refractivity contribution in [3.63, 3.8) is 0 Å². The van der Waals surface area contributed by atoms with E-state index in [2.05, 4.69) is 4.98 Å². The fourth-order valence-electron chi connectivity index (χ4n) is 0.782. The average Bonchev–Trinajstić information content (AvgIpc) is 2.01. The number of H-pyrrole nitrogens is 1. The Hall–Kier alpha value is -1.02. The first-order chi connectivity index (χ1) is 5.33. The van der Waals surface area contributed by atoms with Gasteiger partial charge in [0.05, 0.1) is 0 Å². The molecule has 0 amide bonds. The van der Waals surface area contributed by atoms with Gasteiger partial charge < -0.3 is 4.98 Å². The highest BCUT2D eigenvalue weighted by Gasteiger charge is 1.88. The normalized spacial score (nSPS) is 10.6. The summed E-state index contributed by atoms with van der Waals surface area (Å²) in [4.78, 5) is 13.7. The van der Waals surface area contributed by atoms with Gasteiger partial charge in [-0.1, -0.05) is 17.7 Å². The van der Waals surface area contributed by atoms with Gasteiger partial charge in [0.25, 0.3) is 0 Å². The van der Waals surface area contributed by atoms with E-state index in [1.54, 1.807) is 18.3 Å². The van der Waals surface area contributed by atoms with Crippen molar-refractivity contribution >= 4 is 11.6 Å². The van der Waals surface area contributed by atoms with Crippen LogP contribution in [0.25, 0.3) is 0 Å². The summed E-state index contributed by atoms with van der Waals surface area (Å²) in [5.74, 6) is 0. The monoisotopic (exact) mass is 169 g/mol. The Morgan fingerprint density at radius 1 is 1.64 bits per heavy atom. The average molecular weight is 170 g/mol. The zero-order valence-corrected chi connectivity index (χ0v) is 6.64. The van der Waals surface area contributed by atoms with Crippen molar-refractivity contribution in [3.05, 3.63) is 45.9 Å². The molecule has 0 radical (unpaired) electrons. The van der Waals surface area contributed by atoms with E-state index in [0.717, 1.165) is 5.69 Å². The highest BCUT2D eigenvalue weighted by Crippen LogP contribution is 1.92. The number of nitrogens with one attached hydrogen (secondary N) is 1. The lowest BCUT2D eigenvalue weighted by Gasteiger charge is -1.92. The number of pyridine rings is 1. The van der Waals surface area contributed by atoms with Crippen LogP contribution in [-0.2, 0) is 6.42 Å². The summed E-state index contributed by atoms with van der Waals surface area (Å²) in [5.41, 5.74) is 2.32. The molecule has 1 N–H and O–H groups in total. The zero-order valence-electron chi connectivity index (χ0n) is 5.88. The van der Waals surface area contributed by atoms with E-state index in [0.29, 0.717) is 6.42 Å². The minimum atomic E-state index is 0.0155. The number of aromatic amines is 1. The lowest BCUT2D eigenvalue weighted by molar-refractivity contribution is 1.10. The van der Waals surface area contributed by atoms with Crippen molar-refractivity contribution in [1.29, 1.82) is 0 Å². The van der Waals surface area contributed by atoms with E-state index in [9.17, 15) is 4.79 Å². The van der Waals surface area contributed by atoms with Crippen molar-refractivity contribution in [2.45, 2.75) is 6.42 Å². The molecule has 0 aliphatic rings. The van der Waals surface area contributed by atoms with E-state index < -0.39 is 0 Å². The molecule has 1 rings (SSSR count). The maximum atomic E-state index is 10.8. The largest absolute Gasteiger partial charge is 0.364 e. The molecule has 1 aromatic heterocycles. The lowest BCUT2D eigenvalue weighted by Crippen LogP contribution is -1.99. The first-order valence-corrected chi connectivity index (χ1v) is 3.69. The zero-order chi connectivity index (χ0) is 8.10. The molecule has 0 aromatic carbocycles. The van der Waals surface area contributed by atoms with Crippen molar-refractivity contribution in [3.8, 4) is 0 Å². The summed E-state index contributed by atoms with van der Waals surface area (Å²) < 4.78 is 0. The first-order valence-electron chi connectivity index (χ1n) is 3.26. The molecule has 2 nitrogen and oxygen atoms in total. The molecular formula is C8H8ClNO. The Balaban J connectivity index is 2.79. The summed E-state index contributed by atoms with van der Waals surface area (Å²) in [6, 6.07) is 3.03. The van der Waals surface area contributed by atoms with Gasteiger partial charge in [0.1, 0.15) is 0 Å². The smallest absolute Gasteiger partial charge is 0.181 e. The van der Waals surface area contributed by atoms with Crippen LogP contribution in [0.15, 0.2) is 34.7 Å². The SMILES string of the molecule is O=c1cc[nH]c(C/C=C/Cl)c1. The van der Waals surface area contributed by atoms with Crippen LogP contribution in [0.2, 0.25) is 0 Å².